The van der Waals surface area contributed by atoms with Crippen LogP contribution in [0, 0.1) is 0 Å². The van der Waals surface area contributed by atoms with Crippen LogP contribution in [0.25, 0.3) is 0 Å². The molecule has 2 N–H and O–H groups in total. The van der Waals surface area contributed by atoms with Gasteiger partial charge < -0.3 is 14.6 Å². The third kappa shape index (κ3) is 3.78. The number of aromatic nitrogens is 2. The van der Waals surface area contributed by atoms with Crippen LogP contribution in [-0.4, -0.2) is 46.0 Å². The Morgan fingerprint density at radius 3 is 2.68 bits per heavy atom. The number of hydrogen-bond acceptors (Lipinski definition) is 4. The van der Waals surface area contributed by atoms with Gasteiger partial charge in [0.05, 0.1) is 22.0 Å². The minimum Gasteiger partial charge on any atom is -0.472 e. The summed E-state index contributed by atoms with van der Waals surface area (Å²) in [6, 6.07) is 1.70. The molecule has 0 atom stereocenters. The first-order valence-electron chi connectivity index (χ1n) is 8.33. The average Bonchev–Trinajstić information content (AvgIpc) is 3.24. The standard InChI is InChI=1S/C17H21BrN4O3/c1-10(2)14-13(18)15(21-20-14)16(23)19-12-3-6-22(7-4-12)17(24)11-5-8-25-9-11/h5,8-10,12H,3-4,6-7H2,1-2H3,(H,19,23)(H,20,21). The van der Waals surface area contributed by atoms with Crippen LogP contribution in [0.3, 0.4) is 0 Å². The molecule has 0 bridgehead atoms. The predicted octanol–water partition coefficient (Wildman–Crippen LogP) is 2.92. The van der Waals surface area contributed by atoms with Gasteiger partial charge in [-0.3, -0.25) is 14.7 Å². The lowest BCUT2D eigenvalue weighted by atomic mass is 10.0. The first kappa shape index (κ1) is 17.7. The lowest BCUT2D eigenvalue weighted by Crippen LogP contribution is -2.46. The SMILES string of the molecule is CC(C)c1[nH]nc(C(=O)NC2CCN(C(=O)c3ccoc3)CC2)c1Br. The molecule has 1 fully saturated rings. The molecule has 134 valence electrons. The summed E-state index contributed by atoms with van der Waals surface area (Å²) in [5, 5.41) is 10.0. The summed E-state index contributed by atoms with van der Waals surface area (Å²) in [6.45, 7) is 5.28. The molecule has 0 saturated carbocycles. The Bertz CT molecular complexity index is 746. The van der Waals surface area contributed by atoms with Crippen molar-refractivity contribution < 1.29 is 14.0 Å². The summed E-state index contributed by atoms with van der Waals surface area (Å²) in [4.78, 5) is 26.5. The number of likely N-dealkylation sites (tertiary alicyclic amines) is 1. The number of carbonyl (C=O) groups is 2. The molecule has 8 heteroatoms. The molecule has 2 amide bonds. The Hall–Kier alpha value is -2.09. The van der Waals surface area contributed by atoms with Gasteiger partial charge in [-0.05, 0) is 40.8 Å². The summed E-state index contributed by atoms with van der Waals surface area (Å²) in [5.74, 6) is 0.0189. The number of halogens is 1. The van der Waals surface area contributed by atoms with Crippen LogP contribution in [0.1, 0.15) is 59.1 Å². The fourth-order valence-corrected chi connectivity index (χ4v) is 3.74. The monoisotopic (exact) mass is 408 g/mol. The first-order chi connectivity index (χ1) is 12.0. The van der Waals surface area contributed by atoms with Crippen LogP contribution in [0.4, 0.5) is 0 Å². The zero-order chi connectivity index (χ0) is 18.0. The number of amides is 2. The van der Waals surface area contributed by atoms with E-state index in [0.29, 0.717) is 41.7 Å². The molecule has 0 radical (unpaired) electrons. The Labute approximate surface area is 154 Å². The van der Waals surface area contributed by atoms with Gasteiger partial charge in [-0.25, -0.2) is 0 Å². The number of carbonyl (C=O) groups excluding carboxylic acids is 2. The van der Waals surface area contributed by atoms with Gasteiger partial charge >= 0.3 is 0 Å². The number of H-pyrrole nitrogens is 1. The molecule has 3 heterocycles. The number of aromatic amines is 1. The zero-order valence-corrected chi connectivity index (χ0v) is 15.8. The minimum absolute atomic E-state index is 0.0323. The molecule has 0 aliphatic carbocycles. The minimum atomic E-state index is -0.199. The molecule has 0 unspecified atom stereocenters. The van der Waals surface area contributed by atoms with Crippen LogP contribution in [0.2, 0.25) is 0 Å². The second-order valence-corrected chi connectivity index (χ2v) is 7.30. The molecule has 2 aromatic rings. The van der Waals surface area contributed by atoms with E-state index in [-0.39, 0.29) is 23.8 Å². The molecular weight excluding hydrogens is 388 g/mol. The maximum Gasteiger partial charge on any atom is 0.273 e. The number of piperidine rings is 1. The van der Waals surface area contributed by atoms with E-state index in [1.54, 1.807) is 11.0 Å². The molecule has 7 nitrogen and oxygen atoms in total. The average molecular weight is 409 g/mol. The molecule has 2 aromatic heterocycles. The lowest BCUT2D eigenvalue weighted by Gasteiger charge is -2.32. The van der Waals surface area contributed by atoms with Crippen molar-refractivity contribution in [3.8, 4) is 0 Å². The molecule has 25 heavy (non-hydrogen) atoms. The van der Waals surface area contributed by atoms with Crippen molar-refractivity contribution in [1.29, 1.82) is 0 Å². The van der Waals surface area contributed by atoms with Gasteiger partial charge in [0, 0.05) is 19.1 Å². The summed E-state index contributed by atoms with van der Waals surface area (Å²) >= 11 is 3.45. The number of hydrogen-bond donors (Lipinski definition) is 2. The van der Waals surface area contributed by atoms with E-state index in [4.69, 9.17) is 4.42 Å². The van der Waals surface area contributed by atoms with E-state index in [9.17, 15) is 9.59 Å². The van der Waals surface area contributed by atoms with Crippen LogP contribution in [0.15, 0.2) is 27.5 Å². The Morgan fingerprint density at radius 1 is 1.40 bits per heavy atom. The second-order valence-electron chi connectivity index (χ2n) is 6.51. The number of rotatable bonds is 4. The van der Waals surface area contributed by atoms with Crippen LogP contribution in [0.5, 0.6) is 0 Å². The highest BCUT2D eigenvalue weighted by atomic mass is 79.9. The summed E-state index contributed by atoms with van der Waals surface area (Å²) in [5.41, 5.74) is 1.84. The third-order valence-corrected chi connectivity index (χ3v) is 5.21. The maximum atomic E-state index is 12.5. The van der Waals surface area contributed by atoms with Crippen molar-refractivity contribution in [2.45, 2.75) is 38.6 Å². The van der Waals surface area contributed by atoms with E-state index in [1.165, 1.54) is 12.5 Å². The fraction of sp³-hybridized carbons (Fsp3) is 0.471. The van der Waals surface area contributed by atoms with Gasteiger partial charge in [0.2, 0.25) is 0 Å². The van der Waals surface area contributed by atoms with Crippen molar-refractivity contribution >= 4 is 27.7 Å². The molecule has 0 spiro atoms. The van der Waals surface area contributed by atoms with Gasteiger partial charge in [0.15, 0.2) is 5.69 Å². The van der Waals surface area contributed by atoms with E-state index >= 15 is 0 Å². The zero-order valence-electron chi connectivity index (χ0n) is 14.2. The van der Waals surface area contributed by atoms with Gasteiger partial charge in [0.1, 0.15) is 6.26 Å². The van der Waals surface area contributed by atoms with Crippen LogP contribution >= 0.6 is 15.9 Å². The van der Waals surface area contributed by atoms with Gasteiger partial charge in [-0.15, -0.1) is 0 Å². The smallest absolute Gasteiger partial charge is 0.273 e. The van der Waals surface area contributed by atoms with Gasteiger partial charge in [-0.1, -0.05) is 13.8 Å². The topological polar surface area (TPSA) is 91.2 Å². The van der Waals surface area contributed by atoms with Crippen molar-refractivity contribution in [2.24, 2.45) is 0 Å². The third-order valence-electron chi connectivity index (χ3n) is 4.41. The predicted molar refractivity (Wildman–Crippen MR) is 95.5 cm³/mol. The number of nitrogens with one attached hydrogen (secondary N) is 2. The number of furan rings is 1. The molecular formula is C17H21BrN4O3. The fourth-order valence-electron chi connectivity index (χ4n) is 2.92. The van der Waals surface area contributed by atoms with Gasteiger partial charge in [-0.2, -0.15) is 5.10 Å². The van der Waals surface area contributed by atoms with E-state index in [1.807, 2.05) is 13.8 Å². The largest absolute Gasteiger partial charge is 0.472 e. The lowest BCUT2D eigenvalue weighted by molar-refractivity contribution is 0.0697. The summed E-state index contributed by atoms with van der Waals surface area (Å²) < 4.78 is 5.68. The molecule has 1 aliphatic heterocycles. The highest BCUT2D eigenvalue weighted by Crippen LogP contribution is 2.25. The Kier molecular flexibility index (Phi) is 5.27. The quantitative estimate of drug-likeness (QED) is 0.813. The van der Waals surface area contributed by atoms with Crippen LogP contribution < -0.4 is 5.32 Å². The molecule has 1 saturated heterocycles. The van der Waals surface area contributed by atoms with Crippen molar-refractivity contribution in [1.82, 2.24) is 20.4 Å². The highest BCUT2D eigenvalue weighted by Gasteiger charge is 2.27. The second kappa shape index (κ2) is 7.43. The van der Waals surface area contributed by atoms with E-state index in [0.717, 1.165) is 5.69 Å². The Morgan fingerprint density at radius 2 is 2.12 bits per heavy atom. The van der Waals surface area contributed by atoms with Crippen LogP contribution in [-0.2, 0) is 0 Å². The maximum absolute atomic E-state index is 12.5. The highest BCUT2D eigenvalue weighted by molar-refractivity contribution is 9.10. The van der Waals surface area contributed by atoms with E-state index < -0.39 is 0 Å². The van der Waals surface area contributed by atoms with Crippen molar-refractivity contribution in [2.75, 3.05) is 13.1 Å². The van der Waals surface area contributed by atoms with Gasteiger partial charge in [0.25, 0.3) is 11.8 Å². The van der Waals surface area contributed by atoms with Crippen molar-refractivity contribution in [3.05, 3.63) is 40.0 Å². The Balaban J connectivity index is 1.55. The molecule has 3 rings (SSSR count). The molecule has 1 aliphatic rings. The first-order valence-corrected chi connectivity index (χ1v) is 9.12. The summed E-state index contributed by atoms with van der Waals surface area (Å²) in [6.07, 6.45) is 4.38. The van der Waals surface area contributed by atoms with E-state index in [2.05, 4.69) is 31.4 Å². The normalized spacial score (nSPS) is 15.6. The summed E-state index contributed by atoms with van der Waals surface area (Å²) in [7, 11) is 0. The molecule has 0 aromatic carbocycles. The number of nitrogens with zero attached hydrogens (tertiary/aromatic N) is 2. The van der Waals surface area contributed by atoms with Crippen molar-refractivity contribution in [3.63, 3.8) is 0 Å².